The van der Waals surface area contributed by atoms with Crippen molar-refractivity contribution in [2.24, 2.45) is 0 Å². The third-order valence-electron chi connectivity index (χ3n) is 3.46. The largest absolute Gasteiger partial charge is 0.114 e. The predicted octanol–water partition coefficient (Wildman–Crippen LogP) is 7.64. The summed E-state index contributed by atoms with van der Waals surface area (Å²) in [5.41, 5.74) is 0. The zero-order valence-corrected chi connectivity index (χ0v) is 16.1. The molecule has 0 amide bonds. The molecule has 0 aromatic rings. The molecule has 0 aromatic heterocycles. The van der Waals surface area contributed by atoms with E-state index >= 15 is 0 Å². The average molecular weight is 388 g/mol. The Hall–Kier alpha value is 0.960. The lowest BCUT2D eigenvalue weighted by atomic mass is 10.0. The smallest absolute Gasteiger partial charge is 0.0533 e. The summed E-state index contributed by atoms with van der Waals surface area (Å²) in [6.45, 7) is 4.58. The molecule has 0 atom stereocenters. The van der Waals surface area contributed by atoms with Crippen molar-refractivity contribution >= 4 is 34.0 Å². The molecule has 0 saturated heterocycles. The molecule has 2 heteroatoms. The van der Waals surface area contributed by atoms with E-state index < -0.39 is 0 Å². The summed E-state index contributed by atoms with van der Waals surface area (Å²) in [6.07, 6.45) is 20.4. The quantitative estimate of drug-likeness (QED) is 0.284. The third kappa shape index (κ3) is 22.2. The van der Waals surface area contributed by atoms with Crippen LogP contribution in [-0.4, -0.2) is 0 Å². The van der Waals surface area contributed by atoms with Crippen molar-refractivity contribution in [3.8, 4) is 0 Å². The molecule has 0 bridgehead atoms. The van der Waals surface area contributed by atoms with Crippen molar-refractivity contribution in [1.82, 2.24) is 0 Å². The fraction of sp³-hybridized carbons (Fsp3) is 1.00. The number of hydrogen-bond donors (Lipinski definition) is 0. The first kappa shape index (κ1) is 24.0. The second-order valence-corrected chi connectivity index (χ2v) is 5.24. The van der Waals surface area contributed by atoms with Crippen LogP contribution in [-0.2, 0) is 0 Å². The third-order valence-corrected chi connectivity index (χ3v) is 3.46. The van der Waals surface area contributed by atoms with Crippen molar-refractivity contribution in [3.05, 3.63) is 0 Å². The number of hydrogen-bond acceptors (Lipinski definition) is 0. The Labute approximate surface area is 137 Å². The summed E-state index contributed by atoms with van der Waals surface area (Å²) in [7, 11) is 0. The normalized spacial score (nSPS) is 9.67. The first-order chi connectivity index (χ1) is 7.91. The number of unbranched alkanes of at least 4 members (excludes halogenated alkanes) is 13. The van der Waals surface area contributed by atoms with Crippen molar-refractivity contribution in [1.29, 1.82) is 0 Å². The molecule has 0 aliphatic rings. The van der Waals surface area contributed by atoms with E-state index in [1.165, 1.54) is 89.9 Å². The maximum Gasteiger partial charge on any atom is -0.0533 e. The number of halogens is 2. The van der Waals surface area contributed by atoms with Gasteiger partial charge in [0.2, 0.25) is 0 Å². The highest BCUT2D eigenvalue weighted by Gasteiger charge is 1.92. The van der Waals surface area contributed by atoms with E-state index in [0.717, 1.165) is 0 Å². The molecular weight excluding hydrogens is 352 g/mol. The van der Waals surface area contributed by atoms with Crippen LogP contribution in [0.1, 0.15) is 104 Å². The number of rotatable bonds is 13. The van der Waals surface area contributed by atoms with Crippen molar-refractivity contribution in [3.63, 3.8) is 0 Å². The molecule has 0 fully saturated rings. The van der Waals surface area contributed by atoms with E-state index in [1.807, 2.05) is 0 Å². The van der Waals surface area contributed by atoms with Gasteiger partial charge in [-0.2, -0.15) is 0 Å². The van der Waals surface area contributed by atoms with E-state index in [2.05, 4.69) is 13.8 Å². The van der Waals surface area contributed by atoms with Crippen molar-refractivity contribution in [2.75, 3.05) is 0 Å². The van der Waals surface area contributed by atoms with Crippen molar-refractivity contribution < 1.29 is 0 Å². The lowest BCUT2D eigenvalue weighted by molar-refractivity contribution is 0.538. The first-order valence-corrected chi connectivity index (χ1v) is 7.91. The Morgan fingerprint density at radius 1 is 0.333 bits per heavy atom. The van der Waals surface area contributed by atoms with Crippen LogP contribution in [0.15, 0.2) is 0 Å². The van der Waals surface area contributed by atoms with Gasteiger partial charge < -0.3 is 0 Å². The monoisotopic (exact) mass is 386 g/mol. The highest BCUT2D eigenvalue weighted by Crippen LogP contribution is 2.12. The van der Waals surface area contributed by atoms with Crippen LogP contribution in [0.3, 0.4) is 0 Å². The summed E-state index contributed by atoms with van der Waals surface area (Å²) in [4.78, 5) is 0. The Kier molecular flexibility index (Phi) is 30.8. The van der Waals surface area contributed by atoms with Crippen LogP contribution < -0.4 is 0 Å². The Morgan fingerprint density at radius 3 is 0.667 bits per heavy atom. The Balaban J connectivity index is -0.00000112. The van der Waals surface area contributed by atoms with Crippen molar-refractivity contribution in [2.45, 2.75) is 104 Å². The van der Waals surface area contributed by atoms with Gasteiger partial charge in [-0.1, -0.05) is 104 Å². The maximum atomic E-state index is 2.29. The predicted molar refractivity (Wildman–Crippen MR) is 96.6 cm³/mol. The zero-order chi connectivity index (χ0) is 11.9. The van der Waals surface area contributed by atoms with E-state index in [0.29, 0.717) is 0 Å². The molecule has 0 heterocycles. The van der Waals surface area contributed by atoms with Gasteiger partial charge in [-0.15, -0.1) is 34.0 Å². The zero-order valence-electron chi connectivity index (χ0n) is 12.7. The minimum absolute atomic E-state index is 0. The summed E-state index contributed by atoms with van der Waals surface area (Å²) in [5.74, 6) is 0. The van der Waals surface area contributed by atoms with Gasteiger partial charge in [-0.05, 0) is 0 Å². The molecule has 0 saturated carbocycles. The average Bonchev–Trinajstić information content (AvgIpc) is 2.31. The summed E-state index contributed by atoms with van der Waals surface area (Å²) in [5, 5.41) is 0. The molecule has 0 rings (SSSR count). The molecular formula is C16H36Br2. The lowest BCUT2D eigenvalue weighted by Gasteiger charge is -2.02. The highest BCUT2D eigenvalue weighted by atomic mass is 79.9. The van der Waals surface area contributed by atoms with Crippen LogP contribution >= 0.6 is 34.0 Å². The van der Waals surface area contributed by atoms with Crippen LogP contribution in [0.25, 0.3) is 0 Å². The SMILES string of the molecule is Br.Br.CCCCCCCCCCCCCCCC. The van der Waals surface area contributed by atoms with Crippen LogP contribution in [0.4, 0.5) is 0 Å². The fourth-order valence-electron chi connectivity index (χ4n) is 2.27. The summed E-state index contributed by atoms with van der Waals surface area (Å²) < 4.78 is 0. The van der Waals surface area contributed by atoms with Gasteiger partial charge in [0.25, 0.3) is 0 Å². The van der Waals surface area contributed by atoms with Gasteiger partial charge in [-0.3, -0.25) is 0 Å². The fourth-order valence-corrected chi connectivity index (χ4v) is 2.27. The lowest BCUT2D eigenvalue weighted by Crippen LogP contribution is -1.82. The van der Waals surface area contributed by atoms with Crippen LogP contribution in [0.5, 0.6) is 0 Å². The molecule has 0 aromatic carbocycles. The molecule has 18 heavy (non-hydrogen) atoms. The van der Waals surface area contributed by atoms with Crippen LogP contribution in [0.2, 0.25) is 0 Å². The minimum Gasteiger partial charge on any atom is -0.114 e. The summed E-state index contributed by atoms with van der Waals surface area (Å²) >= 11 is 0. The van der Waals surface area contributed by atoms with Gasteiger partial charge in [0.05, 0.1) is 0 Å². The van der Waals surface area contributed by atoms with E-state index in [9.17, 15) is 0 Å². The molecule has 0 aliphatic carbocycles. The highest BCUT2D eigenvalue weighted by molar-refractivity contribution is 8.93. The molecule has 114 valence electrons. The molecule has 0 spiro atoms. The second-order valence-electron chi connectivity index (χ2n) is 5.24. The standard InChI is InChI=1S/C16H34.2BrH/c1-3-5-7-9-11-13-15-16-14-12-10-8-6-4-2;;/h3-16H2,1-2H3;2*1H. The van der Waals surface area contributed by atoms with Gasteiger partial charge in [0.1, 0.15) is 0 Å². The molecule has 0 unspecified atom stereocenters. The van der Waals surface area contributed by atoms with Gasteiger partial charge in [-0.25, -0.2) is 0 Å². The maximum absolute atomic E-state index is 2.29. The molecule has 0 N–H and O–H groups in total. The van der Waals surface area contributed by atoms with E-state index in [-0.39, 0.29) is 34.0 Å². The second kappa shape index (κ2) is 23.1. The molecule has 0 nitrogen and oxygen atoms in total. The Morgan fingerprint density at radius 2 is 0.500 bits per heavy atom. The van der Waals surface area contributed by atoms with Gasteiger partial charge >= 0.3 is 0 Å². The topological polar surface area (TPSA) is 0 Å². The van der Waals surface area contributed by atoms with Gasteiger partial charge in [0.15, 0.2) is 0 Å². The van der Waals surface area contributed by atoms with Crippen LogP contribution in [0, 0.1) is 0 Å². The van der Waals surface area contributed by atoms with Gasteiger partial charge in [0, 0.05) is 0 Å². The summed E-state index contributed by atoms with van der Waals surface area (Å²) in [6, 6.07) is 0. The molecule has 0 radical (unpaired) electrons. The van der Waals surface area contributed by atoms with E-state index in [4.69, 9.17) is 0 Å². The Bertz CT molecular complexity index is 102. The minimum atomic E-state index is 0. The van der Waals surface area contributed by atoms with E-state index in [1.54, 1.807) is 0 Å². The first-order valence-electron chi connectivity index (χ1n) is 7.91. The molecule has 0 aliphatic heterocycles.